The van der Waals surface area contributed by atoms with E-state index in [0.29, 0.717) is 72.8 Å². The van der Waals surface area contributed by atoms with Crippen molar-refractivity contribution >= 4 is 82.7 Å². The molecule has 0 amide bonds. The number of phenols is 8. The summed E-state index contributed by atoms with van der Waals surface area (Å²) < 4.78 is 16.1. The summed E-state index contributed by atoms with van der Waals surface area (Å²) in [6.07, 6.45) is 4.91. The zero-order valence-electron chi connectivity index (χ0n) is 37.3. The smallest absolute Gasteiger partial charge is 0.206 e. The molecule has 15 nitrogen and oxygen atoms in total. The maximum atomic E-state index is 11.7. The topological polar surface area (TPSA) is 237 Å². The molecule has 0 spiro atoms. The molecule has 0 fully saturated rings. The van der Waals surface area contributed by atoms with Crippen molar-refractivity contribution < 1.29 is 49.7 Å². The molecular formula is C57H35N5O10. The molecule has 0 aliphatic rings. The number of para-hydroxylation sites is 2. The third kappa shape index (κ3) is 5.69. The fourth-order valence-corrected chi connectivity index (χ4v) is 10.2. The van der Waals surface area contributed by atoms with E-state index in [1.54, 1.807) is 30.4 Å². The molecule has 0 radical (unpaired) electrons. The number of rotatable bonds is 7. The van der Waals surface area contributed by atoms with E-state index in [4.69, 9.17) is 23.8 Å². The van der Waals surface area contributed by atoms with Gasteiger partial charge in [-0.15, -0.1) is 0 Å². The van der Waals surface area contributed by atoms with Gasteiger partial charge in [-0.05, 0) is 42.5 Å². The molecule has 0 aliphatic heterocycles. The summed E-state index contributed by atoms with van der Waals surface area (Å²) in [6.45, 7) is 3.92. The van der Waals surface area contributed by atoms with Gasteiger partial charge in [0.05, 0.1) is 38.7 Å². The lowest BCUT2D eigenvalue weighted by Crippen LogP contribution is -2.02. The van der Waals surface area contributed by atoms with Gasteiger partial charge in [0.25, 0.3) is 0 Å². The SMILES string of the molecule is C=C/C=C\c1c(-n2c3c(O)c(O)c(O)c(O)c3c3c(O)c(O)c(O)c(O)c32)c2ccccc2n1-c1cccc2oc3cccc(-c4nc(-c5ccccc5)nc(-c5cccc6oc7ccccc7c56)n4)c3c12. The second-order valence-corrected chi connectivity index (χ2v) is 17.1. The predicted octanol–water partition coefficient (Wildman–Crippen LogP) is 12.6. The molecule has 8 aromatic carbocycles. The Morgan fingerprint density at radius 3 is 1.57 bits per heavy atom. The fraction of sp³-hybridized carbons (Fsp3) is 0. The van der Waals surface area contributed by atoms with E-state index in [1.807, 2.05) is 126 Å². The summed E-state index contributed by atoms with van der Waals surface area (Å²) in [5, 5.41) is 92.6. The first kappa shape index (κ1) is 41.8. The third-order valence-electron chi connectivity index (χ3n) is 13.2. The number of allylic oxidation sites excluding steroid dienone is 2. The van der Waals surface area contributed by atoms with Crippen molar-refractivity contribution in [3.8, 4) is 91.5 Å². The van der Waals surface area contributed by atoms with Crippen LogP contribution in [0.2, 0.25) is 0 Å². The van der Waals surface area contributed by atoms with Crippen molar-refractivity contribution in [1.82, 2.24) is 24.1 Å². The van der Waals surface area contributed by atoms with Crippen LogP contribution in [0.15, 0.2) is 161 Å². The van der Waals surface area contributed by atoms with Gasteiger partial charge in [-0.3, -0.25) is 4.57 Å². The minimum absolute atomic E-state index is 0.184. The Bertz CT molecular complexity index is 4450. The van der Waals surface area contributed by atoms with Crippen LogP contribution in [-0.4, -0.2) is 64.9 Å². The molecule has 13 aromatic rings. The summed E-state index contributed by atoms with van der Waals surface area (Å²) in [5.74, 6) is -7.22. The van der Waals surface area contributed by atoms with Gasteiger partial charge in [0.15, 0.2) is 40.5 Å². The monoisotopic (exact) mass is 949 g/mol. The van der Waals surface area contributed by atoms with Crippen LogP contribution in [0.25, 0.3) is 128 Å². The normalized spacial score (nSPS) is 12.1. The second kappa shape index (κ2) is 15.3. The molecule has 0 saturated carbocycles. The molecule has 5 heterocycles. The van der Waals surface area contributed by atoms with Crippen LogP contribution in [0.5, 0.6) is 46.0 Å². The number of aromatic nitrogens is 5. The van der Waals surface area contributed by atoms with Gasteiger partial charge in [-0.1, -0.05) is 116 Å². The van der Waals surface area contributed by atoms with E-state index in [2.05, 4.69) is 6.58 Å². The molecule has 8 N–H and O–H groups in total. The van der Waals surface area contributed by atoms with E-state index in [1.165, 1.54) is 4.57 Å². The number of benzene rings is 8. The van der Waals surface area contributed by atoms with Gasteiger partial charge in [-0.25, -0.2) is 15.0 Å². The summed E-state index contributed by atoms with van der Waals surface area (Å²) >= 11 is 0. The Labute approximate surface area is 404 Å². The molecule has 13 rings (SSSR count). The highest BCUT2D eigenvalue weighted by Gasteiger charge is 2.35. The molecule has 348 valence electrons. The van der Waals surface area contributed by atoms with Gasteiger partial charge >= 0.3 is 0 Å². The molecule has 0 bridgehead atoms. The quantitative estimate of drug-likeness (QED) is 0.0422. The van der Waals surface area contributed by atoms with Gasteiger partial charge in [0, 0.05) is 38.2 Å². The largest absolute Gasteiger partial charge is 0.504 e. The highest BCUT2D eigenvalue weighted by atomic mass is 16.4. The van der Waals surface area contributed by atoms with Crippen LogP contribution >= 0.6 is 0 Å². The number of hydrogen-bond acceptors (Lipinski definition) is 13. The first-order chi connectivity index (χ1) is 35.0. The van der Waals surface area contributed by atoms with Crippen LogP contribution in [0.1, 0.15) is 5.69 Å². The van der Waals surface area contributed by atoms with Gasteiger partial charge in [-0.2, -0.15) is 0 Å². The maximum Gasteiger partial charge on any atom is 0.206 e. The van der Waals surface area contributed by atoms with Crippen molar-refractivity contribution in [3.63, 3.8) is 0 Å². The molecule has 0 saturated heterocycles. The Morgan fingerprint density at radius 1 is 0.417 bits per heavy atom. The summed E-state index contributed by atoms with van der Waals surface area (Å²) in [5.41, 5.74) is 5.35. The van der Waals surface area contributed by atoms with Crippen LogP contribution in [-0.2, 0) is 0 Å². The molecule has 15 heteroatoms. The minimum Gasteiger partial charge on any atom is -0.504 e. The number of fused-ring (bicyclic) bond motifs is 10. The summed E-state index contributed by atoms with van der Waals surface area (Å²) in [7, 11) is 0. The number of phenolic OH excluding ortho intramolecular Hbond substituents is 8. The summed E-state index contributed by atoms with van der Waals surface area (Å²) in [4.78, 5) is 15.5. The first-order valence-corrected chi connectivity index (χ1v) is 22.4. The fourth-order valence-electron chi connectivity index (χ4n) is 10.2. The first-order valence-electron chi connectivity index (χ1n) is 22.4. The van der Waals surface area contributed by atoms with Crippen LogP contribution in [0.3, 0.4) is 0 Å². The number of furan rings is 2. The Kier molecular flexibility index (Phi) is 8.87. The lowest BCUT2D eigenvalue weighted by molar-refractivity contribution is 0.350. The van der Waals surface area contributed by atoms with Gasteiger partial charge < -0.3 is 54.3 Å². The van der Waals surface area contributed by atoms with Crippen LogP contribution in [0.4, 0.5) is 0 Å². The third-order valence-corrected chi connectivity index (χ3v) is 13.2. The highest BCUT2D eigenvalue weighted by Crippen LogP contribution is 2.60. The average Bonchev–Trinajstić information content (AvgIpc) is 4.18. The Morgan fingerprint density at radius 2 is 0.917 bits per heavy atom. The average molecular weight is 950 g/mol. The van der Waals surface area contributed by atoms with Crippen molar-refractivity contribution in [2.75, 3.05) is 0 Å². The van der Waals surface area contributed by atoms with E-state index in [9.17, 15) is 40.9 Å². The maximum absolute atomic E-state index is 11.7. The minimum atomic E-state index is -1.14. The van der Waals surface area contributed by atoms with E-state index < -0.39 is 67.8 Å². The number of hydrogen-bond donors (Lipinski definition) is 8. The standard InChI is InChI=1S/C57H35N5O10/c1-2-3-20-34-44(62-45-42(47(63)51(67)53(69)49(45)65)43-46(62)50(66)54(70)52(68)48(43)64)28-16-7-9-21-32(28)61(34)33-22-13-26-38-41(33)40-31(19-12-25-37(40)72-38)57-59-55(27-14-5-4-6-15-27)58-56(60-57)30-18-11-24-36-39(30)29-17-8-10-23-35(29)71-36/h2-26,63-70H,1H2/b20-3-. The number of aromatic hydroxyl groups is 8. The van der Waals surface area contributed by atoms with Crippen LogP contribution < -0.4 is 0 Å². The van der Waals surface area contributed by atoms with E-state index >= 15 is 0 Å². The molecule has 5 aromatic heterocycles. The summed E-state index contributed by atoms with van der Waals surface area (Å²) in [6, 6.07) is 41.6. The molecule has 0 unspecified atom stereocenters. The zero-order chi connectivity index (χ0) is 49.3. The van der Waals surface area contributed by atoms with Crippen LogP contribution in [0, 0.1) is 0 Å². The molecule has 0 aliphatic carbocycles. The van der Waals surface area contributed by atoms with E-state index in [0.717, 1.165) is 27.5 Å². The lowest BCUT2D eigenvalue weighted by atomic mass is 10.0. The molecule has 72 heavy (non-hydrogen) atoms. The highest BCUT2D eigenvalue weighted by molar-refractivity contribution is 6.22. The van der Waals surface area contributed by atoms with Crippen molar-refractivity contribution in [2.24, 2.45) is 0 Å². The van der Waals surface area contributed by atoms with Gasteiger partial charge in [0.2, 0.25) is 23.0 Å². The van der Waals surface area contributed by atoms with Gasteiger partial charge in [0.1, 0.15) is 33.4 Å². The predicted molar refractivity (Wildman–Crippen MR) is 274 cm³/mol. The Hall–Kier alpha value is -10.4. The van der Waals surface area contributed by atoms with E-state index in [-0.39, 0.29) is 5.69 Å². The zero-order valence-corrected chi connectivity index (χ0v) is 37.3. The van der Waals surface area contributed by atoms with Crippen molar-refractivity contribution in [2.45, 2.75) is 0 Å². The lowest BCUT2D eigenvalue weighted by Gasteiger charge is -2.15. The Balaban J connectivity index is 1.15. The molecular weight excluding hydrogens is 915 g/mol. The van der Waals surface area contributed by atoms with Crippen molar-refractivity contribution in [1.29, 1.82) is 0 Å². The van der Waals surface area contributed by atoms with Crippen molar-refractivity contribution in [3.05, 3.63) is 158 Å². The molecule has 0 atom stereocenters. The number of nitrogens with zero attached hydrogens (tertiary/aromatic N) is 5. The second-order valence-electron chi connectivity index (χ2n) is 17.1.